The van der Waals surface area contributed by atoms with Gasteiger partial charge >= 0.3 is 5.97 Å². The average molecular weight is 257 g/mol. The third-order valence-corrected chi connectivity index (χ3v) is 2.58. The van der Waals surface area contributed by atoms with E-state index in [1.54, 1.807) is 19.2 Å². The van der Waals surface area contributed by atoms with E-state index in [1.165, 1.54) is 0 Å². The van der Waals surface area contributed by atoms with E-state index in [0.29, 0.717) is 6.61 Å². The van der Waals surface area contributed by atoms with E-state index in [-0.39, 0.29) is 18.3 Å². The molecule has 0 amide bonds. The van der Waals surface area contributed by atoms with Crippen molar-refractivity contribution in [3.05, 3.63) is 42.1 Å². The van der Waals surface area contributed by atoms with Crippen LogP contribution in [0.2, 0.25) is 0 Å². The molecule has 2 rings (SSSR count). The monoisotopic (exact) mass is 257 g/mol. The molecule has 1 aromatic carbocycles. The zero-order chi connectivity index (χ0) is 13.7. The second-order valence-corrected chi connectivity index (χ2v) is 3.98. The highest BCUT2D eigenvalue weighted by Crippen LogP contribution is 2.17. The highest BCUT2D eigenvalue weighted by molar-refractivity contribution is 5.73. The van der Waals surface area contributed by atoms with Crippen LogP contribution >= 0.6 is 0 Å². The Balaban J connectivity index is 2.12. The van der Waals surface area contributed by atoms with Crippen LogP contribution in [-0.4, -0.2) is 22.5 Å². The van der Waals surface area contributed by atoms with Crippen LogP contribution in [0.25, 0.3) is 11.3 Å². The number of anilines is 1. The van der Waals surface area contributed by atoms with Crippen LogP contribution in [0.1, 0.15) is 12.5 Å². The Morgan fingerprint density at radius 3 is 2.63 bits per heavy atom. The van der Waals surface area contributed by atoms with Gasteiger partial charge in [0, 0.05) is 11.8 Å². The molecular formula is C14H15N3O2. The molecule has 0 saturated heterocycles. The topological polar surface area (TPSA) is 78.1 Å². The molecular weight excluding hydrogens is 242 g/mol. The summed E-state index contributed by atoms with van der Waals surface area (Å²) in [4.78, 5) is 19.3. The summed E-state index contributed by atoms with van der Waals surface area (Å²) in [5.74, 6) is 0.0228. The molecule has 1 aromatic heterocycles. The Morgan fingerprint density at radius 1 is 1.26 bits per heavy atom. The molecule has 98 valence electrons. The predicted octanol–water partition coefficient (Wildman–Crippen LogP) is 1.83. The van der Waals surface area contributed by atoms with Crippen LogP contribution in [0.3, 0.4) is 0 Å². The summed E-state index contributed by atoms with van der Waals surface area (Å²) in [5, 5.41) is 0. The maximum absolute atomic E-state index is 11.4. The lowest BCUT2D eigenvalue weighted by Gasteiger charge is -2.04. The summed E-state index contributed by atoms with van der Waals surface area (Å²) < 4.78 is 4.90. The Morgan fingerprint density at radius 2 is 2.00 bits per heavy atom. The van der Waals surface area contributed by atoms with Gasteiger partial charge in [-0.2, -0.15) is 0 Å². The van der Waals surface area contributed by atoms with Gasteiger partial charge in [0.2, 0.25) is 5.95 Å². The van der Waals surface area contributed by atoms with Gasteiger partial charge in [0.05, 0.1) is 18.7 Å². The van der Waals surface area contributed by atoms with Crippen LogP contribution in [-0.2, 0) is 16.0 Å². The van der Waals surface area contributed by atoms with E-state index in [2.05, 4.69) is 9.97 Å². The molecule has 0 radical (unpaired) electrons. The summed E-state index contributed by atoms with van der Waals surface area (Å²) in [6.45, 7) is 2.19. The van der Waals surface area contributed by atoms with Gasteiger partial charge in [0.15, 0.2) is 0 Å². The molecule has 5 nitrogen and oxygen atoms in total. The molecule has 1 heterocycles. The molecule has 5 heteroatoms. The Bertz CT molecular complexity index is 567. The van der Waals surface area contributed by atoms with Gasteiger partial charge in [-0.15, -0.1) is 0 Å². The van der Waals surface area contributed by atoms with Crippen molar-refractivity contribution in [2.24, 2.45) is 0 Å². The first-order chi connectivity index (χ1) is 9.19. The molecule has 0 aliphatic heterocycles. The van der Waals surface area contributed by atoms with Crippen molar-refractivity contribution >= 4 is 11.9 Å². The van der Waals surface area contributed by atoms with Crippen molar-refractivity contribution in [2.45, 2.75) is 13.3 Å². The zero-order valence-corrected chi connectivity index (χ0v) is 10.7. The van der Waals surface area contributed by atoms with Crippen molar-refractivity contribution in [3.63, 3.8) is 0 Å². The van der Waals surface area contributed by atoms with E-state index in [4.69, 9.17) is 10.5 Å². The number of benzene rings is 1. The zero-order valence-electron chi connectivity index (χ0n) is 10.7. The van der Waals surface area contributed by atoms with E-state index in [9.17, 15) is 4.79 Å². The molecule has 0 bridgehead atoms. The average Bonchev–Trinajstić information content (AvgIpc) is 2.40. The number of hydrogen-bond acceptors (Lipinski definition) is 5. The third-order valence-electron chi connectivity index (χ3n) is 2.58. The van der Waals surface area contributed by atoms with Crippen LogP contribution in [0.15, 0.2) is 36.5 Å². The molecule has 0 aliphatic carbocycles. The fourth-order valence-electron chi connectivity index (χ4n) is 1.71. The highest BCUT2D eigenvalue weighted by atomic mass is 16.5. The van der Waals surface area contributed by atoms with Crippen molar-refractivity contribution in [3.8, 4) is 11.3 Å². The normalized spacial score (nSPS) is 10.2. The lowest BCUT2D eigenvalue weighted by Crippen LogP contribution is -2.07. The molecule has 19 heavy (non-hydrogen) atoms. The summed E-state index contributed by atoms with van der Waals surface area (Å²) in [6, 6.07) is 9.35. The second kappa shape index (κ2) is 5.95. The third kappa shape index (κ3) is 3.51. The minimum atomic E-state index is -0.221. The molecule has 0 atom stereocenters. The molecule has 2 N–H and O–H groups in total. The SMILES string of the molecule is CCOC(=O)Cc1ccc(-c2ccnc(N)n2)cc1. The number of ether oxygens (including phenoxy) is 1. The molecule has 0 spiro atoms. The fraction of sp³-hybridized carbons (Fsp3) is 0.214. The number of nitrogens with zero attached hydrogens (tertiary/aromatic N) is 2. The number of carbonyl (C=O) groups excluding carboxylic acids is 1. The van der Waals surface area contributed by atoms with E-state index in [1.807, 2.05) is 24.3 Å². The summed E-state index contributed by atoms with van der Waals surface area (Å²) in [6.07, 6.45) is 1.89. The summed E-state index contributed by atoms with van der Waals surface area (Å²) in [7, 11) is 0. The smallest absolute Gasteiger partial charge is 0.310 e. The number of nitrogen functional groups attached to an aromatic ring is 1. The fourth-order valence-corrected chi connectivity index (χ4v) is 1.71. The standard InChI is InChI=1S/C14H15N3O2/c1-2-19-13(18)9-10-3-5-11(6-4-10)12-7-8-16-14(15)17-12/h3-8H,2,9H2,1H3,(H2,15,16,17). The number of carbonyl (C=O) groups is 1. The van der Waals surface area contributed by atoms with E-state index in [0.717, 1.165) is 16.8 Å². The molecule has 2 aromatic rings. The van der Waals surface area contributed by atoms with Crippen LogP contribution in [0, 0.1) is 0 Å². The van der Waals surface area contributed by atoms with Crippen molar-refractivity contribution in [2.75, 3.05) is 12.3 Å². The largest absolute Gasteiger partial charge is 0.466 e. The first-order valence-corrected chi connectivity index (χ1v) is 6.02. The first kappa shape index (κ1) is 13.0. The maximum atomic E-state index is 11.4. The van der Waals surface area contributed by atoms with Gasteiger partial charge in [-0.3, -0.25) is 4.79 Å². The van der Waals surface area contributed by atoms with Crippen molar-refractivity contribution in [1.29, 1.82) is 0 Å². The number of rotatable bonds is 4. The number of hydrogen-bond donors (Lipinski definition) is 1. The van der Waals surface area contributed by atoms with Crippen molar-refractivity contribution < 1.29 is 9.53 Å². The Labute approximate surface area is 111 Å². The maximum Gasteiger partial charge on any atom is 0.310 e. The van der Waals surface area contributed by atoms with E-state index >= 15 is 0 Å². The summed E-state index contributed by atoms with van der Waals surface area (Å²) in [5.41, 5.74) is 8.14. The van der Waals surface area contributed by atoms with Gasteiger partial charge in [0.1, 0.15) is 0 Å². The molecule has 0 saturated carbocycles. The predicted molar refractivity (Wildman–Crippen MR) is 72.2 cm³/mol. The summed E-state index contributed by atoms with van der Waals surface area (Å²) >= 11 is 0. The highest BCUT2D eigenvalue weighted by Gasteiger charge is 2.05. The minimum Gasteiger partial charge on any atom is -0.466 e. The minimum absolute atomic E-state index is 0.221. The van der Waals surface area contributed by atoms with E-state index < -0.39 is 0 Å². The molecule has 0 fully saturated rings. The second-order valence-electron chi connectivity index (χ2n) is 3.98. The van der Waals surface area contributed by atoms with Gasteiger partial charge in [-0.05, 0) is 18.6 Å². The number of esters is 1. The van der Waals surface area contributed by atoms with Gasteiger partial charge in [-0.1, -0.05) is 24.3 Å². The quantitative estimate of drug-likeness (QED) is 0.845. The van der Waals surface area contributed by atoms with Gasteiger partial charge < -0.3 is 10.5 Å². The lowest BCUT2D eigenvalue weighted by molar-refractivity contribution is -0.142. The van der Waals surface area contributed by atoms with Gasteiger partial charge in [0.25, 0.3) is 0 Å². The van der Waals surface area contributed by atoms with Crippen LogP contribution in [0.5, 0.6) is 0 Å². The molecule has 0 unspecified atom stereocenters. The number of aromatic nitrogens is 2. The molecule has 0 aliphatic rings. The lowest BCUT2D eigenvalue weighted by atomic mass is 10.1. The van der Waals surface area contributed by atoms with Crippen LogP contribution < -0.4 is 5.73 Å². The Hall–Kier alpha value is -2.43. The van der Waals surface area contributed by atoms with Gasteiger partial charge in [-0.25, -0.2) is 9.97 Å². The first-order valence-electron chi connectivity index (χ1n) is 6.02. The van der Waals surface area contributed by atoms with Crippen molar-refractivity contribution in [1.82, 2.24) is 9.97 Å². The number of nitrogens with two attached hydrogens (primary N) is 1. The Kier molecular flexibility index (Phi) is 4.07. The van der Waals surface area contributed by atoms with Crippen LogP contribution in [0.4, 0.5) is 5.95 Å².